The number of benzene rings is 2. The molecule has 6 rings (SSSR count). The summed E-state index contributed by atoms with van der Waals surface area (Å²) >= 11 is 0. The minimum Gasteiger partial charge on any atom is -0.478 e. The molecule has 0 atom stereocenters. The molecule has 4 aliphatic carbocycles. The van der Waals surface area contributed by atoms with Gasteiger partial charge >= 0.3 is 5.97 Å². The number of carboxylic acids is 1. The summed E-state index contributed by atoms with van der Waals surface area (Å²) in [5.74, 6) is 15.4. The van der Waals surface area contributed by atoms with Crippen molar-refractivity contribution in [3.05, 3.63) is 70.8 Å². The Hall–Kier alpha value is -2.97. The van der Waals surface area contributed by atoms with Crippen molar-refractivity contribution in [2.45, 2.75) is 38.0 Å². The van der Waals surface area contributed by atoms with Gasteiger partial charge in [-0.15, -0.1) is 0 Å². The third kappa shape index (κ3) is 3.68. The van der Waals surface area contributed by atoms with Crippen LogP contribution >= 0.6 is 0 Å². The average molecular weight is 380 g/mol. The highest BCUT2D eigenvalue weighted by Gasteiger charge is 2.48. The van der Waals surface area contributed by atoms with Gasteiger partial charge in [-0.25, -0.2) is 4.79 Å². The molecule has 4 bridgehead atoms. The summed E-state index contributed by atoms with van der Waals surface area (Å²) in [6, 6.07) is 15.4. The number of aromatic carboxylic acids is 1. The topological polar surface area (TPSA) is 37.3 Å². The third-order valence-electron chi connectivity index (χ3n) is 7.11. The lowest BCUT2D eigenvalue weighted by Crippen LogP contribution is -2.43. The SMILES string of the molecule is O=C(O)c1cccc(C#CC#Cc2ccc(C3C4CC5CC(C4)CC3C5)cc2)c1. The van der Waals surface area contributed by atoms with E-state index in [1.165, 1.54) is 37.7 Å². The van der Waals surface area contributed by atoms with Gasteiger partial charge in [0.15, 0.2) is 0 Å². The fraction of sp³-hybridized carbons (Fsp3) is 0.370. The summed E-state index contributed by atoms with van der Waals surface area (Å²) in [5.41, 5.74) is 3.38. The Morgan fingerprint density at radius 3 is 2.03 bits per heavy atom. The van der Waals surface area contributed by atoms with Gasteiger partial charge in [0, 0.05) is 11.1 Å². The van der Waals surface area contributed by atoms with Gasteiger partial charge in [-0.2, -0.15) is 0 Å². The number of hydrogen-bond donors (Lipinski definition) is 1. The highest BCUT2D eigenvalue weighted by Crippen LogP contribution is 2.59. The van der Waals surface area contributed by atoms with Gasteiger partial charge in [-0.3, -0.25) is 0 Å². The molecular formula is C27H24O2. The van der Waals surface area contributed by atoms with Crippen LogP contribution in [0.4, 0.5) is 0 Å². The van der Waals surface area contributed by atoms with Crippen LogP contribution in [-0.4, -0.2) is 11.1 Å². The zero-order chi connectivity index (χ0) is 19.8. The highest BCUT2D eigenvalue weighted by molar-refractivity contribution is 5.88. The molecule has 29 heavy (non-hydrogen) atoms. The molecule has 0 unspecified atom stereocenters. The quantitative estimate of drug-likeness (QED) is 0.715. The summed E-state index contributed by atoms with van der Waals surface area (Å²) in [4.78, 5) is 11.0. The van der Waals surface area contributed by atoms with E-state index >= 15 is 0 Å². The van der Waals surface area contributed by atoms with Crippen molar-refractivity contribution in [3.63, 3.8) is 0 Å². The first-order valence-corrected chi connectivity index (χ1v) is 10.6. The van der Waals surface area contributed by atoms with E-state index in [1.54, 1.807) is 24.3 Å². The van der Waals surface area contributed by atoms with E-state index in [0.29, 0.717) is 5.56 Å². The molecular weight excluding hydrogens is 356 g/mol. The van der Waals surface area contributed by atoms with Gasteiger partial charge in [0.25, 0.3) is 0 Å². The van der Waals surface area contributed by atoms with E-state index in [4.69, 9.17) is 5.11 Å². The average Bonchev–Trinajstić information content (AvgIpc) is 2.72. The molecule has 0 aromatic heterocycles. The second kappa shape index (κ2) is 7.46. The fourth-order valence-corrected chi connectivity index (χ4v) is 6.19. The number of rotatable bonds is 2. The van der Waals surface area contributed by atoms with Crippen molar-refractivity contribution in [2.75, 3.05) is 0 Å². The Morgan fingerprint density at radius 2 is 1.41 bits per heavy atom. The van der Waals surface area contributed by atoms with E-state index in [2.05, 4.69) is 47.9 Å². The van der Waals surface area contributed by atoms with Crippen LogP contribution in [0, 0.1) is 47.4 Å². The molecule has 1 N–H and O–H groups in total. The van der Waals surface area contributed by atoms with Crippen molar-refractivity contribution >= 4 is 5.97 Å². The van der Waals surface area contributed by atoms with Crippen molar-refractivity contribution in [1.29, 1.82) is 0 Å². The lowest BCUT2D eigenvalue weighted by atomic mass is 9.51. The van der Waals surface area contributed by atoms with Crippen LogP contribution in [0.1, 0.15) is 65.1 Å². The molecule has 0 spiro atoms. The second-order valence-electron chi connectivity index (χ2n) is 8.96. The first-order valence-electron chi connectivity index (χ1n) is 10.6. The molecule has 2 aromatic carbocycles. The van der Waals surface area contributed by atoms with Crippen molar-refractivity contribution in [2.24, 2.45) is 23.7 Å². The first-order chi connectivity index (χ1) is 14.2. The highest BCUT2D eigenvalue weighted by atomic mass is 16.4. The molecule has 4 fully saturated rings. The fourth-order valence-electron chi connectivity index (χ4n) is 6.19. The molecule has 2 nitrogen and oxygen atoms in total. The van der Waals surface area contributed by atoms with Crippen LogP contribution < -0.4 is 0 Å². The lowest BCUT2D eigenvalue weighted by molar-refractivity contribution is -0.00278. The standard InChI is InChI=1S/C27H24O2/c28-27(29)23-7-3-6-19(13-23)5-2-1-4-18-8-10-22(11-9-18)26-24-14-20-12-21(16-24)17-25(26)15-20/h3,6-11,13,20-21,24-26H,12,14-17H2,(H,28,29). The van der Waals surface area contributed by atoms with Gasteiger partial charge in [-0.1, -0.05) is 30.0 Å². The molecule has 0 aliphatic heterocycles. The summed E-state index contributed by atoms with van der Waals surface area (Å²) < 4.78 is 0. The molecule has 144 valence electrons. The third-order valence-corrected chi connectivity index (χ3v) is 7.11. The maximum atomic E-state index is 11.0. The molecule has 0 saturated heterocycles. The number of hydrogen-bond acceptors (Lipinski definition) is 1. The van der Waals surface area contributed by atoms with Crippen LogP contribution in [0.15, 0.2) is 48.5 Å². The van der Waals surface area contributed by atoms with Crippen LogP contribution in [0.25, 0.3) is 0 Å². The van der Waals surface area contributed by atoms with Crippen molar-refractivity contribution in [3.8, 4) is 23.7 Å². The molecule has 0 radical (unpaired) electrons. The Balaban J connectivity index is 1.28. The maximum Gasteiger partial charge on any atom is 0.335 e. The Kier molecular flexibility index (Phi) is 4.65. The van der Waals surface area contributed by atoms with E-state index in [-0.39, 0.29) is 5.56 Å². The number of carboxylic acid groups (broad SMARTS) is 1. The predicted octanol–water partition coefficient (Wildman–Crippen LogP) is 5.33. The Labute approximate surface area is 172 Å². The monoisotopic (exact) mass is 380 g/mol. The van der Waals surface area contributed by atoms with Crippen LogP contribution in [0.2, 0.25) is 0 Å². The molecule has 2 heteroatoms. The minimum absolute atomic E-state index is 0.241. The van der Waals surface area contributed by atoms with Gasteiger partial charge < -0.3 is 5.11 Å². The predicted molar refractivity (Wildman–Crippen MR) is 113 cm³/mol. The van der Waals surface area contributed by atoms with E-state index in [9.17, 15) is 4.79 Å². The molecule has 0 amide bonds. The number of carbonyl (C=O) groups is 1. The largest absolute Gasteiger partial charge is 0.478 e. The summed E-state index contributed by atoms with van der Waals surface area (Å²) in [7, 11) is 0. The van der Waals surface area contributed by atoms with Crippen LogP contribution in [0.5, 0.6) is 0 Å². The normalized spacial score (nSPS) is 28.8. The summed E-state index contributed by atoms with van der Waals surface area (Å²) in [6.07, 6.45) is 7.27. The van der Waals surface area contributed by atoms with E-state index in [0.717, 1.165) is 35.2 Å². The summed E-state index contributed by atoms with van der Waals surface area (Å²) in [6.45, 7) is 0. The van der Waals surface area contributed by atoms with Crippen molar-refractivity contribution in [1.82, 2.24) is 0 Å². The maximum absolute atomic E-state index is 11.0. The van der Waals surface area contributed by atoms with Gasteiger partial charge in [0.2, 0.25) is 0 Å². The van der Waals surface area contributed by atoms with Gasteiger partial charge in [-0.05, 0) is 109 Å². The first kappa shape index (κ1) is 18.1. The van der Waals surface area contributed by atoms with Gasteiger partial charge in [0.05, 0.1) is 5.56 Å². The Morgan fingerprint density at radius 1 is 0.793 bits per heavy atom. The van der Waals surface area contributed by atoms with E-state index < -0.39 is 5.97 Å². The minimum atomic E-state index is -0.945. The summed E-state index contributed by atoms with van der Waals surface area (Å²) in [5, 5.41) is 9.04. The van der Waals surface area contributed by atoms with Crippen molar-refractivity contribution < 1.29 is 9.90 Å². The Bertz CT molecular complexity index is 1030. The smallest absolute Gasteiger partial charge is 0.335 e. The second-order valence-corrected chi connectivity index (χ2v) is 8.96. The van der Waals surface area contributed by atoms with E-state index in [1.807, 2.05) is 0 Å². The molecule has 0 heterocycles. The molecule has 2 aromatic rings. The lowest BCUT2D eigenvalue weighted by Gasteiger charge is -2.54. The molecule has 4 aliphatic rings. The van der Waals surface area contributed by atoms with Gasteiger partial charge in [0.1, 0.15) is 0 Å². The zero-order valence-electron chi connectivity index (χ0n) is 16.4. The van der Waals surface area contributed by atoms with Crippen LogP contribution in [0.3, 0.4) is 0 Å². The zero-order valence-corrected chi connectivity index (χ0v) is 16.4. The van der Waals surface area contributed by atoms with Crippen LogP contribution in [-0.2, 0) is 0 Å². The molecule has 4 saturated carbocycles.